The van der Waals surface area contributed by atoms with Crippen LogP contribution in [0.5, 0.6) is 5.75 Å². The highest BCUT2D eigenvalue weighted by atomic mass is 19.4. The Bertz CT molecular complexity index is 1370. The van der Waals surface area contributed by atoms with Gasteiger partial charge >= 0.3 is 18.7 Å². The minimum atomic E-state index is -5.02. The van der Waals surface area contributed by atoms with Gasteiger partial charge in [0.1, 0.15) is 11.6 Å². The van der Waals surface area contributed by atoms with Crippen LogP contribution in [-0.2, 0) is 22.6 Å². The van der Waals surface area contributed by atoms with E-state index in [4.69, 9.17) is 4.74 Å². The van der Waals surface area contributed by atoms with Crippen molar-refractivity contribution < 1.29 is 45.4 Å². The first-order valence-corrected chi connectivity index (χ1v) is 12.5. The number of carbonyl (C=O) groups is 2. The van der Waals surface area contributed by atoms with Gasteiger partial charge in [-0.1, -0.05) is 24.3 Å². The summed E-state index contributed by atoms with van der Waals surface area (Å²) in [7, 11) is 1.50. The average Bonchev–Trinajstić information content (AvgIpc) is 3.29. The molecular weight excluding hydrogens is 544 g/mol. The highest BCUT2D eigenvalue weighted by Gasteiger charge is 2.38. The molecule has 0 atom stereocenters. The van der Waals surface area contributed by atoms with Crippen molar-refractivity contribution in [3.63, 3.8) is 0 Å². The SMILES string of the molecule is COCCn1cc(C(=O)N2CCC(c3cc(CNC(=O)C(F)(F)F)ccc3F)CC2)c2cccc(OC(F)F)c21. The molecule has 1 saturated heterocycles. The highest BCUT2D eigenvalue weighted by molar-refractivity contribution is 6.08. The van der Waals surface area contributed by atoms with Gasteiger partial charge in [0.05, 0.1) is 17.7 Å². The van der Waals surface area contributed by atoms with Crippen molar-refractivity contribution in [1.29, 1.82) is 0 Å². The third-order valence-electron chi connectivity index (χ3n) is 6.84. The molecule has 2 heterocycles. The molecule has 7 nitrogen and oxygen atoms in total. The molecule has 0 saturated carbocycles. The summed E-state index contributed by atoms with van der Waals surface area (Å²) in [5.41, 5.74) is 1.27. The Hall–Kier alpha value is -3.74. The Labute approximate surface area is 225 Å². The zero-order chi connectivity index (χ0) is 29.0. The first-order chi connectivity index (χ1) is 19.0. The van der Waals surface area contributed by atoms with Crippen LogP contribution in [0, 0.1) is 5.82 Å². The van der Waals surface area contributed by atoms with Crippen LogP contribution in [0.25, 0.3) is 10.9 Å². The molecule has 0 unspecified atom stereocenters. The summed E-state index contributed by atoms with van der Waals surface area (Å²) in [6, 6.07) is 8.46. The first-order valence-electron chi connectivity index (χ1n) is 12.5. The van der Waals surface area contributed by atoms with Crippen molar-refractivity contribution in [2.75, 3.05) is 26.8 Å². The second-order valence-electron chi connectivity index (χ2n) is 9.36. The number of halogens is 6. The monoisotopic (exact) mass is 571 g/mol. The third kappa shape index (κ3) is 6.52. The van der Waals surface area contributed by atoms with E-state index in [2.05, 4.69) is 4.74 Å². The summed E-state index contributed by atoms with van der Waals surface area (Å²) >= 11 is 0. The Morgan fingerprint density at radius 1 is 1.12 bits per heavy atom. The minimum absolute atomic E-state index is 0.0665. The number of piperidine rings is 1. The number of para-hydroxylation sites is 1. The summed E-state index contributed by atoms with van der Waals surface area (Å²) < 4.78 is 89.5. The summed E-state index contributed by atoms with van der Waals surface area (Å²) in [6.45, 7) is -2.34. The first kappa shape index (κ1) is 29.2. The highest BCUT2D eigenvalue weighted by Crippen LogP contribution is 2.34. The van der Waals surface area contributed by atoms with E-state index in [1.807, 2.05) is 0 Å². The number of amides is 2. The third-order valence-corrected chi connectivity index (χ3v) is 6.84. The Morgan fingerprint density at radius 3 is 2.50 bits per heavy atom. The van der Waals surface area contributed by atoms with Crippen molar-refractivity contribution in [3.8, 4) is 5.75 Å². The molecule has 0 bridgehead atoms. The van der Waals surface area contributed by atoms with Crippen LogP contribution in [0.4, 0.5) is 26.3 Å². The molecule has 13 heteroatoms. The number of carbonyl (C=O) groups excluding carboxylic acids is 2. The van der Waals surface area contributed by atoms with Gasteiger partial charge in [0.15, 0.2) is 0 Å². The lowest BCUT2D eigenvalue weighted by atomic mass is 9.88. The Balaban J connectivity index is 1.49. The van der Waals surface area contributed by atoms with Crippen molar-refractivity contribution in [2.24, 2.45) is 0 Å². The van der Waals surface area contributed by atoms with Crippen LogP contribution in [0.15, 0.2) is 42.6 Å². The molecule has 2 aromatic carbocycles. The zero-order valence-corrected chi connectivity index (χ0v) is 21.4. The number of likely N-dealkylation sites (tertiary alicyclic amines) is 1. The number of methoxy groups -OCH3 is 1. The molecule has 1 fully saturated rings. The Morgan fingerprint density at radius 2 is 1.85 bits per heavy atom. The molecule has 0 aliphatic carbocycles. The molecule has 216 valence electrons. The van der Waals surface area contributed by atoms with Gasteiger partial charge in [-0.3, -0.25) is 9.59 Å². The summed E-state index contributed by atoms with van der Waals surface area (Å²) in [4.78, 5) is 26.2. The summed E-state index contributed by atoms with van der Waals surface area (Å²) in [5.74, 6) is -3.29. The molecule has 1 aliphatic heterocycles. The van der Waals surface area contributed by atoms with Crippen molar-refractivity contribution in [2.45, 2.75) is 44.6 Å². The van der Waals surface area contributed by atoms with Gasteiger partial charge in [-0.15, -0.1) is 0 Å². The van der Waals surface area contributed by atoms with Crippen LogP contribution in [0.1, 0.15) is 40.2 Å². The van der Waals surface area contributed by atoms with Gasteiger partial charge in [-0.05, 0) is 42.0 Å². The topological polar surface area (TPSA) is 72.8 Å². The van der Waals surface area contributed by atoms with E-state index in [1.54, 1.807) is 27.0 Å². The van der Waals surface area contributed by atoms with Crippen LogP contribution in [0.2, 0.25) is 0 Å². The van der Waals surface area contributed by atoms with Gasteiger partial charge in [0.2, 0.25) is 0 Å². The average molecular weight is 572 g/mol. The predicted octanol–water partition coefficient (Wildman–Crippen LogP) is 5.23. The van der Waals surface area contributed by atoms with Crippen molar-refractivity contribution >= 4 is 22.7 Å². The lowest BCUT2D eigenvalue weighted by molar-refractivity contribution is -0.173. The zero-order valence-electron chi connectivity index (χ0n) is 21.4. The van der Waals surface area contributed by atoms with Gasteiger partial charge in [-0.25, -0.2) is 4.39 Å². The normalized spacial score (nSPS) is 14.7. The number of aromatic nitrogens is 1. The largest absolute Gasteiger partial charge is 0.471 e. The number of rotatable bonds is 9. The van der Waals surface area contributed by atoms with Crippen molar-refractivity contribution in [3.05, 3.63) is 65.1 Å². The summed E-state index contributed by atoms with van der Waals surface area (Å²) in [5, 5.41) is 2.22. The number of ether oxygens (including phenoxy) is 2. The molecule has 40 heavy (non-hydrogen) atoms. The maximum atomic E-state index is 14.6. The lowest BCUT2D eigenvalue weighted by Gasteiger charge is -2.32. The molecule has 0 spiro atoms. The van der Waals surface area contributed by atoms with E-state index in [9.17, 15) is 35.9 Å². The Kier molecular flexibility index (Phi) is 8.92. The minimum Gasteiger partial charge on any atom is -0.433 e. The molecule has 0 radical (unpaired) electrons. The molecular formula is C27H27F6N3O4. The van der Waals surface area contributed by atoms with Gasteiger partial charge < -0.3 is 24.3 Å². The fourth-order valence-corrected chi connectivity index (χ4v) is 4.92. The van der Waals surface area contributed by atoms with E-state index in [-0.39, 0.29) is 37.3 Å². The predicted molar refractivity (Wildman–Crippen MR) is 133 cm³/mol. The molecule has 1 N–H and O–H groups in total. The van der Waals surface area contributed by atoms with E-state index < -0.39 is 31.1 Å². The van der Waals surface area contributed by atoms with Gasteiger partial charge in [0.25, 0.3) is 5.91 Å². The van der Waals surface area contributed by atoms with E-state index >= 15 is 0 Å². The molecule has 4 rings (SSSR count). The van der Waals surface area contributed by atoms with Crippen LogP contribution < -0.4 is 10.1 Å². The molecule has 2 amide bonds. The van der Waals surface area contributed by atoms with Crippen LogP contribution >= 0.6 is 0 Å². The quantitative estimate of drug-likeness (QED) is 0.358. The maximum absolute atomic E-state index is 14.6. The maximum Gasteiger partial charge on any atom is 0.471 e. The number of hydrogen-bond acceptors (Lipinski definition) is 4. The number of hydrogen-bond donors (Lipinski definition) is 1. The van der Waals surface area contributed by atoms with Gasteiger partial charge in [-0.2, -0.15) is 22.0 Å². The number of alkyl halides is 5. The van der Waals surface area contributed by atoms with E-state index in [1.165, 1.54) is 31.4 Å². The second-order valence-corrected chi connectivity index (χ2v) is 9.36. The smallest absolute Gasteiger partial charge is 0.433 e. The van der Waals surface area contributed by atoms with Crippen molar-refractivity contribution in [1.82, 2.24) is 14.8 Å². The molecule has 3 aromatic rings. The van der Waals surface area contributed by atoms with E-state index in [0.29, 0.717) is 47.0 Å². The number of nitrogens with one attached hydrogen (secondary N) is 1. The number of nitrogens with zero attached hydrogens (tertiary/aromatic N) is 2. The number of fused-ring (bicyclic) bond motifs is 1. The lowest BCUT2D eigenvalue weighted by Crippen LogP contribution is -2.38. The standard InChI is InChI=1S/C27H27F6N3O4/c1-39-12-11-36-15-20(18-3-2-4-22(23(18)36)40-26(29)30)24(37)35-9-7-17(8-10-35)19-13-16(5-6-21(19)28)14-34-25(38)27(31,32)33/h2-6,13,15,17,26H,7-12,14H2,1H3,(H,34,38). The summed E-state index contributed by atoms with van der Waals surface area (Å²) in [6.07, 6.45) is -2.66. The van der Waals surface area contributed by atoms with E-state index in [0.717, 1.165) is 6.07 Å². The fourth-order valence-electron chi connectivity index (χ4n) is 4.92. The van der Waals surface area contributed by atoms with Crippen LogP contribution in [-0.4, -0.2) is 60.9 Å². The van der Waals surface area contributed by atoms with Crippen LogP contribution in [0.3, 0.4) is 0 Å². The molecule has 1 aromatic heterocycles. The molecule has 1 aliphatic rings. The fraction of sp³-hybridized carbons (Fsp3) is 0.407. The second kappa shape index (κ2) is 12.2. The van der Waals surface area contributed by atoms with Gasteiger partial charge in [0, 0.05) is 44.9 Å². The number of benzene rings is 2.